The lowest BCUT2D eigenvalue weighted by Gasteiger charge is -2.06. The molecule has 0 amide bonds. The van der Waals surface area contributed by atoms with Crippen molar-refractivity contribution in [3.05, 3.63) is 58.7 Å². The molecular formula is C15H13NOS. The van der Waals surface area contributed by atoms with Crippen LogP contribution in [0.15, 0.2) is 41.3 Å². The van der Waals surface area contributed by atoms with Crippen molar-refractivity contribution >= 4 is 23.2 Å². The Morgan fingerprint density at radius 2 is 2.00 bits per heavy atom. The number of benzene rings is 2. The van der Waals surface area contributed by atoms with E-state index in [9.17, 15) is 4.79 Å². The van der Waals surface area contributed by atoms with Crippen molar-refractivity contribution < 1.29 is 4.79 Å². The quantitative estimate of drug-likeness (QED) is 0.733. The number of nitrogen functional groups attached to an aromatic ring is 1. The fourth-order valence-electron chi connectivity index (χ4n) is 2.27. The van der Waals surface area contributed by atoms with E-state index in [4.69, 9.17) is 5.73 Å². The Morgan fingerprint density at radius 1 is 1.17 bits per heavy atom. The van der Waals surface area contributed by atoms with E-state index < -0.39 is 0 Å². The van der Waals surface area contributed by atoms with E-state index >= 15 is 0 Å². The first-order chi connectivity index (χ1) is 8.66. The van der Waals surface area contributed by atoms with Gasteiger partial charge in [-0.15, -0.1) is 11.8 Å². The summed E-state index contributed by atoms with van der Waals surface area (Å²) in [5.74, 6) is 0.901. The molecule has 1 aliphatic heterocycles. The summed E-state index contributed by atoms with van der Waals surface area (Å²) in [6.45, 7) is 2.05. The van der Waals surface area contributed by atoms with E-state index in [2.05, 4.69) is 0 Å². The van der Waals surface area contributed by atoms with Crippen molar-refractivity contribution in [1.82, 2.24) is 0 Å². The SMILES string of the molecule is Cc1cccc2c1SCc1cc(N)ccc1C2=O. The molecule has 0 aliphatic carbocycles. The Bertz CT molecular complexity index is 649. The van der Waals surface area contributed by atoms with Gasteiger partial charge in [-0.1, -0.05) is 12.1 Å². The van der Waals surface area contributed by atoms with Gasteiger partial charge in [0.25, 0.3) is 0 Å². The van der Waals surface area contributed by atoms with Crippen molar-refractivity contribution in [2.75, 3.05) is 5.73 Å². The molecule has 90 valence electrons. The highest BCUT2D eigenvalue weighted by Gasteiger charge is 2.22. The van der Waals surface area contributed by atoms with Gasteiger partial charge in [0, 0.05) is 27.5 Å². The predicted molar refractivity (Wildman–Crippen MR) is 75.0 cm³/mol. The van der Waals surface area contributed by atoms with Crippen LogP contribution in [0.2, 0.25) is 0 Å². The molecule has 2 aromatic carbocycles. The van der Waals surface area contributed by atoms with Crippen molar-refractivity contribution in [2.24, 2.45) is 0 Å². The number of carbonyl (C=O) groups excluding carboxylic acids is 1. The van der Waals surface area contributed by atoms with Gasteiger partial charge in [-0.2, -0.15) is 0 Å². The summed E-state index contributed by atoms with van der Waals surface area (Å²) in [6, 6.07) is 11.4. The second-order valence-corrected chi connectivity index (χ2v) is 5.47. The Kier molecular flexibility index (Phi) is 2.63. The van der Waals surface area contributed by atoms with Crippen LogP contribution in [0.25, 0.3) is 0 Å². The Balaban J connectivity index is 2.22. The first-order valence-corrected chi connectivity index (χ1v) is 6.81. The number of anilines is 1. The molecule has 0 bridgehead atoms. The molecule has 0 unspecified atom stereocenters. The van der Waals surface area contributed by atoms with Crippen LogP contribution in [0, 0.1) is 6.92 Å². The number of thioether (sulfide) groups is 1. The minimum Gasteiger partial charge on any atom is -0.399 e. The number of ketones is 1. The van der Waals surface area contributed by atoms with Crippen LogP contribution < -0.4 is 5.73 Å². The molecule has 1 heterocycles. The molecule has 0 spiro atoms. The maximum absolute atomic E-state index is 12.5. The summed E-state index contributed by atoms with van der Waals surface area (Å²) >= 11 is 1.71. The van der Waals surface area contributed by atoms with Crippen LogP contribution in [0.5, 0.6) is 0 Å². The topological polar surface area (TPSA) is 43.1 Å². The average Bonchev–Trinajstić information content (AvgIpc) is 2.49. The van der Waals surface area contributed by atoms with Gasteiger partial charge in [0.2, 0.25) is 0 Å². The van der Waals surface area contributed by atoms with Crippen molar-refractivity contribution in [2.45, 2.75) is 17.6 Å². The molecule has 3 rings (SSSR count). The molecule has 0 fully saturated rings. The number of nitrogens with two attached hydrogens (primary N) is 1. The van der Waals surface area contributed by atoms with E-state index in [0.717, 1.165) is 32.9 Å². The van der Waals surface area contributed by atoms with Crippen molar-refractivity contribution in [1.29, 1.82) is 0 Å². The summed E-state index contributed by atoms with van der Waals surface area (Å²) in [7, 11) is 0. The molecule has 2 nitrogen and oxygen atoms in total. The zero-order valence-corrected chi connectivity index (χ0v) is 10.9. The highest BCUT2D eigenvalue weighted by atomic mass is 32.2. The van der Waals surface area contributed by atoms with E-state index in [1.54, 1.807) is 17.8 Å². The maximum atomic E-state index is 12.5. The normalized spacial score (nSPS) is 13.7. The highest BCUT2D eigenvalue weighted by Crippen LogP contribution is 2.36. The molecule has 0 radical (unpaired) electrons. The van der Waals surface area contributed by atoms with Gasteiger partial charge in [-0.05, 0) is 42.3 Å². The van der Waals surface area contributed by atoms with Gasteiger partial charge >= 0.3 is 0 Å². The lowest BCUT2D eigenvalue weighted by atomic mass is 9.98. The van der Waals surface area contributed by atoms with Crippen LogP contribution in [0.1, 0.15) is 27.0 Å². The molecule has 18 heavy (non-hydrogen) atoms. The Hall–Kier alpha value is -1.74. The number of aryl methyl sites for hydroxylation is 1. The molecule has 2 N–H and O–H groups in total. The summed E-state index contributed by atoms with van der Waals surface area (Å²) in [5, 5.41) is 0. The first kappa shape index (κ1) is 11.4. The van der Waals surface area contributed by atoms with Crippen LogP contribution >= 0.6 is 11.8 Å². The third kappa shape index (κ3) is 1.71. The molecular weight excluding hydrogens is 242 g/mol. The summed E-state index contributed by atoms with van der Waals surface area (Å²) < 4.78 is 0. The standard InChI is InChI=1S/C15H13NOS/c1-9-3-2-4-13-14(17)12-6-5-11(16)7-10(12)8-18-15(9)13/h2-7H,8,16H2,1H3. The molecule has 1 aliphatic rings. The van der Waals surface area contributed by atoms with Crippen LogP contribution in [-0.4, -0.2) is 5.78 Å². The molecule has 3 heteroatoms. The van der Waals surface area contributed by atoms with Gasteiger partial charge < -0.3 is 5.73 Å². The van der Waals surface area contributed by atoms with Gasteiger partial charge in [0.15, 0.2) is 5.78 Å². The van der Waals surface area contributed by atoms with E-state index in [1.807, 2.05) is 37.3 Å². The second-order valence-electron chi connectivity index (χ2n) is 4.49. The molecule has 0 saturated heterocycles. The van der Waals surface area contributed by atoms with Crippen LogP contribution in [0.4, 0.5) is 5.69 Å². The molecule has 2 aromatic rings. The first-order valence-electron chi connectivity index (χ1n) is 5.82. The van der Waals surface area contributed by atoms with Crippen LogP contribution in [0.3, 0.4) is 0 Å². The van der Waals surface area contributed by atoms with Gasteiger partial charge in [0.05, 0.1) is 0 Å². The fraction of sp³-hybridized carbons (Fsp3) is 0.133. The predicted octanol–water partition coefficient (Wildman–Crippen LogP) is 3.41. The minimum absolute atomic E-state index is 0.105. The lowest BCUT2D eigenvalue weighted by molar-refractivity contribution is 0.103. The van der Waals surface area contributed by atoms with Gasteiger partial charge in [0.1, 0.15) is 0 Å². The minimum atomic E-state index is 0.105. The zero-order valence-electron chi connectivity index (χ0n) is 10.1. The van der Waals surface area contributed by atoms with Gasteiger partial charge in [-0.25, -0.2) is 0 Å². The third-order valence-corrected chi connectivity index (χ3v) is 4.49. The number of hydrogen-bond donors (Lipinski definition) is 1. The summed E-state index contributed by atoms with van der Waals surface area (Å²) in [6.07, 6.45) is 0. The van der Waals surface area contributed by atoms with Gasteiger partial charge in [-0.3, -0.25) is 4.79 Å². The van der Waals surface area contributed by atoms with E-state index in [0.29, 0.717) is 5.69 Å². The number of fused-ring (bicyclic) bond motifs is 2. The largest absolute Gasteiger partial charge is 0.399 e. The Labute approximate surface area is 110 Å². The smallest absolute Gasteiger partial charge is 0.194 e. The molecule has 0 aromatic heterocycles. The van der Waals surface area contributed by atoms with Crippen molar-refractivity contribution in [3.8, 4) is 0 Å². The second kappa shape index (κ2) is 4.18. The van der Waals surface area contributed by atoms with E-state index in [-0.39, 0.29) is 5.78 Å². The lowest BCUT2D eigenvalue weighted by Crippen LogP contribution is -2.04. The van der Waals surface area contributed by atoms with Crippen molar-refractivity contribution in [3.63, 3.8) is 0 Å². The van der Waals surface area contributed by atoms with E-state index in [1.165, 1.54) is 0 Å². The fourth-order valence-corrected chi connectivity index (χ4v) is 3.42. The zero-order chi connectivity index (χ0) is 12.7. The third-order valence-electron chi connectivity index (χ3n) is 3.20. The molecule has 0 saturated carbocycles. The Morgan fingerprint density at radius 3 is 2.83 bits per heavy atom. The number of carbonyl (C=O) groups is 1. The van der Waals surface area contributed by atoms with Crippen LogP contribution in [-0.2, 0) is 5.75 Å². The number of rotatable bonds is 0. The summed E-state index contributed by atoms with van der Waals surface area (Å²) in [4.78, 5) is 13.6. The maximum Gasteiger partial charge on any atom is 0.194 e. The monoisotopic (exact) mass is 255 g/mol. The highest BCUT2D eigenvalue weighted by molar-refractivity contribution is 7.98. The summed E-state index contributed by atoms with van der Waals surface area (Å²) in [5.41, 5.74) is 10.3. The molecule has 0 atom stereocenters. The number of hydrogen-bond acceptors (Lipinski definition) is 3. The average molecular weight is 255 g/mol.